The Labute approximate surface area is 387 Å². The zero-order valence-corrected chi connectivity index (χ0v) is 36.4. The van der Waals surface area contributed by atoms with E-state index in [0.29, 0.717) is 5.82 Å². The Morgan fingerprint density at radius 2 is 0.791 bits per heavy atom. The fraction of sp³-hybridized carbons (Fsp3) is 0. The van der Waals surface area contributed by atoms with Crippen molar-refractivity contribution in [2.75, 3.05) is 0 Å². The van der Waals surface area contributed by atoms with E-state index in [9.17, 15) is 0 Å². The van der Waals surface area contributed by atoms with Gasteiger partial charge in [-0.1, -0.05) is 218 Å². The lowest BCUT2D eigenvalue weighted by Crippen LogP contribution is -1.96. The molecular formula is C64H40N2O. The molecule has 0 bridgehead atoms. The third-order valence-electron chi connectivity index (χ3n) is 13.3. The van der Waals surface area contributed by atoms with E-state index >= 15 is 0 Å². The van der Waals surface area contributed by atoms with Gasteiger partial charge in [0.15, 0.2) is 5.82 Å². The summed E-state index contributed by atoms with van der Waals surface area (Å²) in [7, 11) is 0. The maximum atomic E-state index is 6.16. The molecule has 0 saturated heterocycles. The molecule has 0 atom stereocenters. The third kappa shape index (κ3) is 6.84. The largest absolute Gasteiger partial charge is 0.456 e. The van der Waals surface area contributed by atoms with Gasteiger partial charge in [-0.2, -0.15) is 0 Å². The molecule has 0 radical (unpaired) electrons. The Morgan fingerprint density at radius 3 is 1.48 bits per heavy atom. The van der Waals surface area contributed by atoms with E-state index in [0.717, 1.165) is 61.5 Å². The highest BCUT2D eigenvalue weighted by molar-refractivity contribution is 6.23. The molecule has 0 aliphatic carbocycles. The first-order valence-corrected chi connectivity index (χ1v) is 22.8. The summed E-state index contributed by atoms with van der Waals surface area (Å²) < 4.78 is 6.16. The summed E-state index contributed by atoms with van der Waals surface area (Å²) in [5.41, 5.74) is 13.9. The van der Waals surface area contributed by atoms with Crippen molar-refractivity contribution in [3.63, 3.8) is 0 Å². The van der Waals surface area contributed by atoms with Crippen LogP contribution in [0, 0.1) is 0 Å². The van der Waals surface area contributed by atoms with Gasteiger partial charge >= 0.3 is 0 Å². The topological polar surface area (TPSA) is 38.9 Å². The number of furan rings is 1. The first-order valence-electron chi connectivity index (χ1n) is 22.8. The average Bonchev–Trinajstić information content (AvgIpc) is 3.85. The summed E-state index contributed by atoms with van der Waals surface area (Å²) in [6.45, 7) is 0. The van der Waals surface area contributed by atoms with Crippen molar-refractivity contribution in [2.45, 2.75) is 0 Å². The third-order valence-corrected chi connectivity index (χ3v) is 13.3. The molecule has 0 aliphatic heterocycles. The van der Waals surface area contributed by atoms with Gasteiger partial charge in [-0.3, -0.25) is 0 Å². The van der Waals surface area contributed by atoms with Gasteiger partial charge in [-0.15, -0.1) is 0 Å². The molecule has 0 unspecified atom stereocenters. The van der Waals surface area contributed by atoms with Crippen molar-refractivity contribution in [1.82, 2.24) is 9.97 Å². The SMILES string of the molecule is c1ccc(-c2nc(-c3ccc(-c4ccc(-c5ccc(-c6c7ccccc7cc7c6ccc6ccccc67)c6ccccc56)cc4)cc3)cc(-c3ccc(-c4cc5ccccc5o4)cc3)n2)cc1. The van der Waals surface area contributed by atoms with Crippen LogP contribution >= 0.6 is 0 Å². The van der Waals surface area contributed by atoms with E-state index in [-0.39, 0.29) is 0 Å². The second-order valence-corrected chi connectivity index (χ2v) is 17.3. The van der Waals surface area contributed by atoms with E-state index < -0.39 is 0 Å². The second kappa shape index (κ2) is 16.0. The van der Waals surface area contributed by atoms with Gasteiger partial charge < -0.3 is 4.42 Å². The minimum Gasteiger partial charge on any atom is -0.456 e. The molecule has 67 heavy (non-hydrogen) atoms. The number of nitrogens with zero attached hydrogens (tertiary/aromatic N) is 2. The van der Waals surface area contributed by atoms with Crippen LogP contribution in [-0.4, -0.2) is 9.97 Å². The number of benzene rings is 11. The molecular weight excluding hydrogens is 813 g/mol. The predicted molar refractivity (Wildman–Crippen MR) is 280 cm³/mol. The number of rotatable bonds is 7. The van der Waals surface area contributed by atoms with Crippen LogP contribution in [0.2, 0.25) is 0 Å². The van der Waals surface area contributed by atoms with E-state index in [1.165, 1.54) is 65.3 Å². The molecule has 0 fully saturated rings. The first-order chi connectivity index (χ1) is 33.2. The second-order valence-electron chi connectivity index (χ2n) is 17.3. The minimum atomic E-state index is 0.689. The molecule has 0 spiro atoms. The zero-order valence-electron chi connectivity index (χ0n) is 36.4. The van der Waals surface area contributed by atoms with Gasteiger partial charge in [0.1, 0.15) is 11.3 Å². The van der Waals surface area contributed by atoms with E-state index in [1.54, 1.807) is 0 Å². The highest BCUT2D eigenvalue weighted by Gasteiger charge is 2.17. The minimum absolute atomic E-state index is 0.689. The summed E-state index contributed by atoms with van der Waals surface area (Å²) in [6.07, 6.45) is 0. The lowest BCUT2D eigenvalue weighted by Gasteiger charge is -2.17. The number of hydrogen-bond donors (Lipinski definition) is 0. The van der Waals surface area contributed by atoms with Gasteiger partial charge in [0.05, 0.1) is 11.4 Å². The Kier molecular flexibility index (Phi) is 9.17. The van der Waals surface area contributed by atoms with Gasteiger partial charge in [-0.05, 0) is 101 Å². The molecule has 2 aromatic heterocycles. The smallest absolute Gasteiger partial charge is 0.160 e. The van der Waals surface area contributed by atoms with Gasteiger partial charge in [0, 0.05) is 27.6 Å². The van der Waals surface area contributed by atoms with E-state index in [1.807, 2.05) is 36.4 Å². The zero-order chi connectivity index (χ0) is 44.3. The standard InChI is InChI=1S/C64H40N2O/c1-2-13-48(14-3-1)64-65-59(40-60(66-64)46-30-32-47(33-31-46)62-39-50-16-6-11-21-61(50)67-62)45-28-24-42(25-29-45)41-22-26-44(27-23-41)52-36-37-56(55-20-10-9-19-54(52)55)63-53-18-8-5-15-49(53)38-58-51-17-7-4-12-43(51)34-35-57(58)63/h1-40H. The van der Waals surface area contributed by atoms with Gasteiger partial charge in [0.2, 0.25) is 0 Å². The van der Waals surface area contributed by atoms with Crippen LogP contribution in [0.4, 0.5) is 0 Å². The molecule has 312 valence electrons. The maximum absolute atomic E-state index is 6.16. The van der Waals surface area contributed by atoms with Crippen molar-refractivity contribution in [3.05, 3.63) is 243 Å². The molecule has 13 rings (SSSR count). The van der Waals surface area contributed by atoms with Crippen molar-refractivity contribution in [1.29, 1.82) is 0 Å². The van der Waals surface area contributed by atoms with E-state index in [2.05, 4.69) is 206 Å². The van der Waals surface area contributed by atoms with Crippen molar-refractivity contribution in [2.24, 2.45) is 0 Å². The summed E-state index contributed by atoms with van der Waals surface area (Å²) in [4.78, 5) is 10.2. The van der Waals surface area contributed by atoms with Crippen LogP contribution < -0.4 is 0 Å². The fourth-order valence-corrected chi connectivity index (χ4v) is 9.94. The lowest BCUT2D eigenvalue weighted by atomic mass is 9.86. The van der Waals surface area contributed by atoms with Crippen molar-refractivity contribution < 1.29 is 4.42 Å². The lowest BCUT2D eigenvalue weighted by molar-refractivity contribution is 0.631. The summed E-state index contributed by atoms with van der Waals surface area (Å²) in [6, 6.07) is 86.6. The monoisotopic (exact) mass is 852 g/mol. The summed E-state index contributed by atoms with van der Waals surface area (Å²) in [5, 5.41) is 11.2. The van der Waals surface area contributed by atoms with Gasteiger partial charge in [-0.25, -0.2) is 9.97 Å². The van der Waals surface area contributed by atoms with Crippen molar-refractivity contribution >= 4 is 54.1 Å². The van der Waals surface area contributed by atoms with Crippen LogP contribution in [-0.2, 0) is 0 Å². The van der Waals surface area contributed by atoms with Gasteiger partial charge in [0.25, 0.3) is 0 Å². The average molecular weight is 853 g/mol. The molecule has 11 aromatic carbocycles. The van der Waals surface area contributed by atoms with E-state index in [4.69, 9.17) is 14.4 Å². The maximum Gasteiger partial charge on any atom is 0.160 e. The van der Waals surface area contributed by atoms with Crippen LogP contribution in [0.1, 0.15) is 0 Å². The quantitative estimate of drug-likeness (QED) is 0.118. The number of hydrogen-bond acceptors (Lipinski definition) is 3. The van der Waals surface area contributed by atoms with Crippen LogP contribution in [0.25, 0.3) is 133 Å². The number of aromatic nitrogens is 2. The molecule has 3 nitrogen and oxygen atoms in total. The highest BCUT2D eigenvalue weighted by atomic mass is 16.3. The Morgan fingerprint density at radius 1 is 0.269 bits per heavy atom. The van der Waals surface area contributed by atoms with Crippen LogP contribution in [0.3, 0.4) is 0 Å². The Bertz CT molecular complexity index is 3970. The summed E-state index contributed by atoms with van der Waals surface area (Å²) in [5.74, 6) is 1.53. The van der Waals surface area contributed by atoms with Crippen molar-refractivity contribution in [3.8, 4) is 78.6 Å². The number of para-hydroxylation sites is 1. The molecule has 2 heterocycles. The molecule has 13 aromatic rings. The molecule has 3 heteroatoms. The fourth-order valence-electron chi connectivity index (χ4n) is 9.94. The molecule has 0 amide bonds. The molecule has 0 aliphatic rings. The van der Waals surface area contributed by atoms with Crippen LogP contribution in [0.5, 0.6) is 0 Å². The summed E-state index contributed by atoms with van der Waals surface area (Å²) >= 11 is 0. The first kappa shape index (κ1) is 38.5. The Hall–Kier alpha value is -8.92. The molecule has 0 saturated carbocycles. The number of fused-ring (bicyclic) bond motifs is 6. The molecule has 0 N–H and O–H groups in total. The normalized spacial score (nSPS) is 11.6. The Balaban J connectivity index is 0.827. The highest BCUT2D eigenvalue weighted by Crippen LogP contribution is 2.44. The van der Waals surface area contributed by atoms with Crippen LogP contribution in [0.15, 0.2) is 247 Å². The predicted octanol–water partition coefficient (Wildman–Crippen LogP) is 17.5.